The molecule has 1 heteroatoms. The van der Waals surface area contributed by atoms with Gasteiger partial charge in [-0.15, -0.1) is 6.58 Å². The Kier molecular flexibility index (Phi) is 3.47. The van der Waals surface area contributed by atoms with Gasteiger partial charge in [-0.25, -0.2) is 0 Å². The molecule has 0 aliphatic rings. The highest BCUT2D eigenvalue weighted by Gasteiger charge is 1.99. The Morgan fingerprint density at radius 1 is 1.38 bits per heavy atom. The van der Waals surface area contributed by atoms with Crippen LogP contribution in [0.4, 0.5) is 0 Å². The van der Waals surface area contributed by atoms with E-state index >= 15 is 0 Å². The summed E-state index contributed by atoms with van der Waals surface area (Å²) in [4.78, 5) is 0. The molecule has 13 heavy (non-hydrogen) atoms. The second-order valence-electron chi connectivity index (χ2n) is 2.98. The molecule has 68 valence electrons. The molecule has 1 aromatic rings. The number of benzene rings is 1. The van der Waals surface area contributed by atoms with Gasteiger partial charge in [-0.05, 0) is 18.1 Å². The van der Waals surface area contributed by atoms with Gasteiger partial charge in [-0.1, -0.05) is 42.5 Å². The minimum absolute atomic E-state index is 0.541. The van der Waals surface area contributed by atoms with E-state index in [1.807, 2.05) is 43.3 Å². The van der Waals surface area contributed by atoms with E-state index < -0.39 is 6.10 Å². The molecule has 1 aromatic carbocycles. The predicted octanol–water partition coefficient (Wildman–Crippen LogP) is 2.64. The van der Waals surface area contributed by atoms with Gasteiger partial charge in [0.25, 0.3) is 0 Å². The first-order chi connectivity index (χ1) is 6.24. The first-order valence-electron chi connectivity index (χ1n) is 4.28. The van der Waals surface area contributed by atoms with Crippen molar-refractivity contribution in [2.75, 3.05) is 0 Å². The van der Waals surface area contributed by atoms with Gasteiger partial charge >= 0.3 is 0 Å². The van der Waals surface area contributed by atoms with Crippen LogP contribution in [0.25, 0.3) is 6.08 Å². The Morgan fingerprint density at radius 3 is 2.54 bits per heavy atom. The van der Waals surface area contributed by atoms with Crippen LogP contribution in [0.1, 0.15) is 12.5 Å². The van der Waals surface area contributed by atoms with E-state index in [-0.39, 0.29) is 0 Å². The lowest BCUT2D eigenvalue weighted by Crippen LogP contribution is -2.02. The highest BCUT2D eigenvalue weighted by molar-refractivity contribution is 5.53. The molecule has 0 aliphatic heterocycles. The molecule has 0 bridgehead atoms. The molecule has 1 N–H and O–H groups in total. The molecule has 0 radical (unpaired) electrons. The van der Waals surface area contributed by atoms with Crippen molar-refractivity contribution in [3.63, 3.8) is 0 Å². The molecule has 0 saturated heterocycles. The molecule has 1 unspecified atom stereocenters. The maximum Gasteiger partial charge on any atom is 0.0929 e. The van der Waals surface area contributed by atoms with Gasteiger partial charge in [0.05, 0.1) is 6.10 Å². The highest BCUT2D eigenvalue weighted by atomic mass is 16.3. The zero-order valence-electron chi connectivity index (χ0n) is 7.77. The van der Waals surface area contributed by atoms with E-state index in [1.165, 1.54) is 6.08 Å². The third-order valence-electron chi connectivity index (χ3n) is 1.88. The number of rotatable bonds is 3. The van der Waals surface area contributed by atoms with Gasteiger partial charge < -0.3 is 5.11 Å². The van der Waals surface area contributed by atoms with E-state index in [2.05, 4.69) is 6.58 Å². The summed E-state index contributed by atoms with van der Waals surface area (Å²) in [5.74, 6) is 0. The zero-order chi connectivity index (χ0) is 9.68. The molecule has 1 nitrogen and oxygen atoms in total. The number of hydrogen-bond acceptors (Lipinski definition) is 1. The Labute approximate surface area is 79.0 Å². The molecule has 0 spiro atoms. The summed E-state index contributed by atoms with van der Waals surface area (Å²) in [6, 6.07) is 9.91. The summed E-state index contributed by atoms with van der Waals surface area (Å²) >= 11 is 0. The van der Waals surface area contributed by atoms with Crippen LogP contribution in [-0.4, -0.2) is 11.2 Å². The van der Waals surface area contributed by atoms with Gasteiger partial charge in [-0.3, -0.25) is 0 Å². The van der Waals surface area contributed by atoms with Gasteiger partial charge in [0, 0.05) is 0 Å². The number of aliphatic hydroxyl groups is 1. The van der Waals surface area contributed by atoms with E-state index in [0.717, 1.165) is 11.1 Å². The molecule has 1 rings (SSSR count). The van der Waals surface area contributed by atoms with Crippen LogP contribution in [0.3, 0.4) is 0 Å². The number of aliphatic hydroxyl groups excluding tert-OH is 1. The zero-order valence-corrected chi connectivity index (χ0v) is 7.77. The summed E-state index contributed by atoms with van der Waals surface area (Å²) in [6.07, 6.45) is 2.93. The smallest absolute Gasteiger partial charge is 0.0929 e. The second kappa shape index (κ2) is 4.63. The van der Waals surface area contributed by atoms with E-state index in [9.17, 15) is 5.11 Å². The fraction of sp³-hybridized carbons (Fsp3) is 0.167. The average Bonchev–Trinajstić information content (AvgIpc) is 2.18. The van der Waals surface area contributed by atoms with Crippen LogP contribution >= 0.6 is 0 Å². The first-order valence-corrected chi connectivity index (χ1v) is 4.28. The van der Waals surface area contributed by atoms with Crippen molar-refractivity contribution in [2.24, 2.45) is 0 Å². The molecule has 0 heterocycles. The maximum absolute atomic E-state index is 9.40. The lowest BCUT2D eigenvalue weighted by atomic mass is 10.1. The van der Waals surface area contributed by atoms with Crippen molar-refractivity contribution in [2.45, 2.75) is 13.0 Å². The van der Waals surface area contributed by atoms with Crippen molar-refractivity contribution in [3.8, 4) is 0 Å². The summed E-state index contributed by atoms with van der Waals surface area (Å²) in [5.41, 5.74) is 2.00. The first kappa shape index (κ1) is 9.75. The minimum Gasteiger partial charge on any atom is -0.385 e. The lowest BCUT2D eigenvalue weighted by molar-refractivity contribution is 0.261. The molecular weight excluding hydrogens is 160 g/mol. The molecule has 0 amide bonds. The fourth-order valence-electron chi connectivity index (χ4n) is 1.08. The molecule has 0 aliphatic carbocycles. The standard InChI is InChI=1S/C12H14O/c1-3-12(13)10(2)9-11-7-5-4-6-8-11/h3-9,12-13H,1H2,2H3/b10-9+. The van der Waals surface area contributed by atoms with Crippen LogP contribution in [0, 0.1) is 0 Å². The third kappa shape index (κ3) is 2.88. The van der Waals surface area contributed by atoms with Crippen molar-refractivity contribution in [1.29, 1.82) is 0 Å². The quantitative estimate of drug-likeness (QED) is 0.698. The molecule has 0 aromatic heterocycles. The summed E-state index contributed by atoms with van der Waals surface area (Å²) in [7, 11) is 0. The third-order valence-corrected chi connectivity index (χ3v) is 1.88. The Bertz CT molecular complexity index is 298. The van der Waals surface area contributed by atoms with E-state index in [4.69, 9.17) is 0 Å². The van der Waals surface area contributed by atoms with Crippen molar-refractivity contribution >= 4 is 6.08 Å². The Morgan fingerprint density at radius 2 is 2.00 bits per heavy atom. The van der Waals surface area contributed by atoms with Crippen LogP contribution < -0.4 is 0 Å². The largest absolute Gasteiger partial charge is 0.385 e. The Balaban J connectivity index is 2.82. The minimum atomic E-state index is -0.541. The maximum atomic E-state index is 9.40. The summed E-state index contributed by atoms with van der Waals surface area (Å²) in [5, 5.41) is 9.40. The molecule has 0 saturated carbocycles. The normalized spacial score (nSPS) is 13.8. The molecule has 0 fully saturated rings. The topological polar surface area (TPSA) is 20.2 Å². The average molecular weight is 174 g/mol. The number of hydrogen-bond donors (Lipinski definition) is 1. The molecular formula is C12H14O. The monoisotopic (exact) mass is 174 g/mol. The predicted molar refractivity (Wildman–Crippen MR) is 56.3 cm³/mol. The Hall–Kier alpha value is -1.34. The van der Waals surface area contributed by atoms with Gasteiger partial charge in [0.15, 0.2) is 0 Å². The van der Waals surface area contributed by atoms with Crippen LogP contribution in [-0.2, 0) is 0 Å². The van der Waals surface area contributed by atoms with Gasteiger partial charge in [0.1, 0.15) is 0 Å². The lowest BCUT2D eigenvalue weighted by Gasteiger charge is -2.04. The fourth-order valence-corrected chi connectivity index (χ4v) is 1.08. The highest BCUT2D eigenvalue weighted by Crippen LogP contribution is 2.09. The van der Waals surface area contributed by atoms with Crippen molar-refractivity contribution in [1.82, 2.24) is 0 Å². The van der Waals surface area contributed by atoms with Crippen molar-refractivity contribution in [3.05, 3.63) is 54.1 Å². The van der Waals surface area contributed by atoms with Crippen LogP contribution in [0.5, 0.6) is 0 Å². The summed E-state index contributed by atoms with van der Waals surface area (Å²) in [6.45, 7) is 5.42. The van der Waals surface area contributed by atoms with Gasteiger partial charge in [-0.2, -0.15) is 0 Å². The SMILES string of the molecule is C=CC(O)/C(C)=C/c1ccccc1. The van der Waals surface area contributed by atoms with Gasteiger partial charge in [0.2, 0.25) is 0 Å². The van der Waals surface area contributed by atoms with Crippen LogP contribution in [0.2, 0.25) is 0 Å². The summed E-state index contributed by atoms with van der Waals surface area (Å²) < 4.78 is 0. The van der Waals surface area contributed by atoms with Crippen LogP contribution in [0.15, 0.2) is 48.6 Å². The van der Waals surface area contributed by atoms with E-state index in [0.29, 0.717) is 0 Å². The molecule has 1 atom stereocenters. The van der Waals surface area contributed by atoms with E-state index in [1.54, 1.807) is 0 Å². The van der Waals surface area contributed by atoms with Crippen molar-refractivity contribution < 1.29 is 5.11 Å². The second-order valence-corrected chi connectivity index (χ2v) is 2.98.